The summed E-state index contributed by atoms with van der Waals surface area (Å²) in [5, 5.41) is 3.78. The van der Waals surface area contributed by atoms with Gasteiger partial charge >= 0.3 is 0 Å². The molecule has 1 atom stereocenters. The van der Waals surface area contributed by atoms with Crippen LogP contribution in [0.15, 0.2) is 29.3 Å². The summed E-state index contributed by atoms with van der Waals surface area (Å²) >= 11 is 5.78. The van der Waals surface area contributed by atoms with Gasteiger partial charge in [0, 0.05) is 12.1 Å². The molecule has 0 aliphatic carbocycles. The zero-order valence-electron chi connectivity index (χ0n) is 8.29. The van der Waals surface area contributed by atoms with Crippen LogP contribution in [-0.4, -0.2) is 13.0 Å². The monoisotopic (exact) mass is 211 g/mol. The number of nitrogens with zero attached hydrogens (tertiary/aromatic N) is 1. The lowest BCUT2D eigenvalue weighted by atomic mass is 10.1. The molecule has 0 saturated heterocycles. The Labute approximate surface area is 89.0 Å². The first-order valence-corrected chi connectivity index (χ1v) is 4.75. The van der Waals surface area contributed by atoms with Crippen LogP contribution in [0.2, 0.25) is 5.02 Å². The second-order valence-corrected chi connectivity index (χ2v) is 3.46. The third kappa shape index (κ3) is 2.92. The molecule has 14 heavy (non-hydrogen) atoms. The summed E-state index contributed by atoms with van der Waals surface area (Å²) in [5.41, 5.74) is 6.68. The van der Waals surface area contributed by atoms with Crippen LogP contribution < -0.4 is 11.1 Å². The molecule has 0 heterocycles. The van der Waals surface area contributed by atoms with E-state index >= 15 is 0 Å². The molecule has 1 unspecified atom stereocenters. The lowest BCUT2D eigenvalue weighted by Gasteiger charge is -2.14. The van der Waals surface area contributed by atoms with E-state index < -0.39 is 0 Å². The lowest BCUT2D eigenvalue weighted by Crippen LogP contribution is -2.33. The molecule has 0 amide bonds. The van der Waals surface area contributed by atoms with Gasteiger partial charge in [0.15, 0.2) is 5.96 Å². The number of guanidine groups is 1. The molecule has 1 aromatic carbocycles. The van der Waals surface area contributed by atoms with Crippen molar-refractivity contribution in [3.8, 4) is 0 Å². The number of hydrogen-bond donors (Lipinski definition) is 2. The third-order valence-corrected chi connectivity index (χ3v) is 2.23. The van der Waals surface area contributed by atoms with E-state index in [0.29, 0.717) is 5.96 Å². The van der Waals surface area contributed by atoms with Gasteiger partial charge in [0.1, 0.15) is 0 Å². The molecule has 0 radical (unpaired) electrons. The molecule has 0 saturated carbocycles. The van der Waals surface area contributed by atoms with E-state index in [2.05, 4.69) is 10.3 Å². The van der Waals surface area contributed by atoms with E-state index in [0.717, 1.165) is 10.6 Å². The van der Waals surface area contributed by atoms with Crippen molar-refractivity contribution in [1.29, 1.82) is 0 Å². The smallest absolute Gasteiger partial charge is 0.188 e. The zero-order valence-corrected chi connectivity index (χ0v) is 9.05. The van der Waals surface area contributed by atoms with E-state index in [-0.39, 0.29) is 6.04 Å². The SMILES string of the molecule is CN=C(N)NC(C)c1ccc(Cl)cc1. The quantitative estimate of drug-likeness (QED) is 0.580. The Morgan fingerprint density at radius 3 is 2.50 bits per heavy atom. The minimum Gasteiger partial charge on any atom is -0.370 e. The maximum Gasteiger partial charge on any atom is 0.188 e. The van der Waals surface area contributed by atoms with Crippen LogP contribution in [0.25, 0.3) is 0 Å². The zero-order chi connectivity index (χ0) is 10.6. The van der Waals surface area contributed by atoms with E-state index in [4.69, 9.17) is 17.3 Å². The summed E-state index contributed by atoms with van der Waals surface area (Å²) in [5.74, 6) is 0.437. The van der Waals surface area contributed by atoms with Crippen molar-refractivity contribution in [2.75, 3.05) is 7.05 Å². The fraction of sp³-hybridized carbons (Fsp3) is 0.300. The highest BCUT2D eigenvalue weighted by molar-refractivity contribution is 6.30. The largest absolute Gasteiger partial charge is 0.370 e. The number of benzene rings is 1. The second kappa shape index (κ2) is 4.86. The number of rotatable bonds is 2. The number of hydrogen-bond acceptors (Lipinski definition) is 1. The molecule has 0 spiro atoms. The molecule has 1 rings (SSSR count). The highest BCUT2D eigenvalue weighted by Crippen LogP contribution is 2.15. The van der Waals surface area contributed by atoms with Crippen molar-refractivity contribution in [2.24, 2.45) is 10.7 Å². The van der Waals surface area contributed by atoms with Gasteiger partial charge in [-0.15, -0.1) is 0 Å². The van der Waals surface area contributed by atoms with Crippen molar-refractivity contribution in [3.63, 3.8) is 0 Å². The number of aliphatic imine (C=N–C) groups is 1. The molecule has 0 aromatic heterocycles. The summed E-state index contributed by atoms with van der Waals surface area (Å²) in [4.78, 5) is 3.83. The maximum atomic E-state index is 5.78. The van der Waals surface area contributed by atoms with Gasteiger partial charge in [-0.25, -0.2) is 0 Å². The van der Waals surface area contributed by atoms with Crippen LogP contribution in [0.5, 0.6) is 0 Å². The maximum absolute atomic E-state index is 5.78. The predicted molar refractivity (Wildman–Crippen MR) is 60.5 cm³/mol. The lowest BCUT2D eigenvalue weighted by molar-refractivity contribution is 0.711. The number of nitrogens with one attached hydrogen (secondary N) is 1. The van der Waals surface area contributed by atoms with Crippen molar-refractivity contribution >= 4 is 17.6 Å². The minimum absolute atomic E-state index is 0.135. The Balaban J connectivity index is 2.70. The summed E-state index contributed by atoms with van der Waals surface area (Å²) < 4.78 is 0. The van der Waals surface area contributed by atoms with E-state index in [1.165, 1.54) is 0 Å². The van der Waals surface area contributed by atoms with E-state index in [1.54, 1.807) is 7.05 Å². The molecule has 0 aliphatic rings. The minimum atomic E-state index is 0.135. The van der Waals surface area contributed by atoms with Gasteiger partial charge in [0.25, 0.3) is 0 Å². The third-order valence-electron chi connectivity index (χ3n) is 1.98. The van der Waals surface area contributed by atoms with Crippen molar-refractivity contribution in [1.82, 2.24) is 5.32 Å². The average Bonchev–Trinajstić information content (AvgIpc) is 2.18. The van der Waals surface area contributed by atoms with E-state index in [9.17, 15) is 0 Å². The predicted octanol–water partition coefficient (Wildman–Crippen LogP) is 1.94. The molecule has 0 fully saturated rings. The van der Waals surface area contributed by atoms with Gasteiger partial charge in [0.2, 0.25) is 0 Å². The highest BCUT2D eigenvalue weighted by Gasteiger charge is 2.04. The normalized spacial score (nSPS) is 13.8. The fourth-order valence-corrected chi connectivity index (χ4v) is 1.25. The molecule has 1 aromatic rings. The summed E-state index contributed by atoms with van der Waals surface area (Å²) in [6.45, 7) is 2.02. The molecule has 3 nitrogen and oxygen atoms in total. The van der Waals surface area contributed by atoms with Crippen LogP contribution in [0.4, 0.5) is 0 Å². The molecule has 0 aliphatic heterocycles. The summed E-state index contributed by atoms with van der Waals surface area (Å²) in [6, 6.07) is 7.77. The highest BCUT2D eigenvalue weighted by atomic mass is 35.5. The average molecular weight is 212 g/mol. The van der Waals surface area contributed by atoms with E-state index in [1.807, 2.05) is 31.2 Å². The van der Waals surface area contributed by atoms with Crippen LogP contribution in [0.1, 0.15) is 18.5 Å². The Bertz CT molecular complexity index is 319. The number of halogens is 1. The molecule has 0 bridgehead atoms. The number of nitrogens with two attached hydrogens (primary N) is 1. The summed E-state index contributed by atoms with van der Waals surface area (Å²) in [7, 11) is 1.65. The van der Waals surface area contributed by atoms with Crippen molar-refractivity contribution in [3.05, 3.63) is 34.9 Å². The Kier molecular flexibility index (Phi) is 3.77. The van der Waals surface area contributed by atoms with Crippen molar-refractivity contribution < 1.29 is 0 Å². The fourth-order valence-electron chi connectivity index (χ4n) is 1.12. The van der Waals surface area contributed by atoms with Gasteiger partial charge in [0.05, 0.1) is 6.04 Å². The molecule has 3 N–H and O–H groups in total. The molecule has 4 heteroatoms. The van der Waals surface area contributed by atoms with Crippen LogP contribution in [0.3, 0.4) is 0 Å². The van der Waals surface area contributed by atoms with Gasteiger partial charge in [-0.05, 0) is 24.6 Å². The van der Waals surface area contributed by atoms with Gasteiger partial charge in [-0.3, -0.25) is 4.99 Å². The summed E-state index contributed by atoms with van der Waals surface area (Å²) in [6.07, 6.45) is 0. The second-order valence-electron chi connectivity index (χ2n) is 3.03. The first kappa shape index (κ1) is 10.9. The Hall–Kier alpha value is -1.22. The Morgan fingerprint density at radius 2 is 2.00 bits per heavy atom. The molecular weight excluding hydrogens is 198 g/mol. The van der Waals surface area contributed by atoms with Crippen LogP contribution >= 0.6 is 11.6 Å². The Morgan fingerprint density at radius 1 is 1.43 bits per heavy atom. The first-order chi connectivity index (χ1) is 6.63. The van der Waals surface area contributed by atoms with Crippen LogP contribution in [0, 0.1) is 0 Å². The standard InChI is InChI=1S/C10H14ClN3/c1-7(14-10(12)13-2)8-3-5-9(11)6-4-8/h3-7H,1-2H3,(H3,12,13,14). The topological polar surface area (TPSA) is 50.4 Å². The molecular formula is C10H14ClN3. The first-order valence-electron chi connectivity index (χ1n) is 4.37. The molecule has 76 valence electrons. The van der Waals surface area contributed by atoms with Gasteiger partial charge < -0.3 is 11.1 Å². The van der Waals surface area contributed by atoms with Gasteiger partial charge in [-0.2, -0.15) is 0 Å². The van der Waals surface area contributed by atoms with Crippen molar-refractivity contribution in [2.45, 2.75) is 13.0 Å². The van der Waals surface area contributed by atoms with Crippen LogP contribution in [-0.2, 0) is 0 Å². The van der Waals surface area contributed by atoms with Gasteiger partial charge in [-0.1, -0.05) is 23.7 Å².